The van der Waals surface area contributed by atoms with Gasteiger partial charge >= 0.3 is 0 Å². The van der Waals surface area contributed by atoms with Gasteiger partial charge in [-0.3, -0.25) is 9.59 Å². The molecule has 7 heteroatoms. The van der Waals surface area contributed by atoms with Crippen LogP contribution in [0.15, 0.2) is 29.3 Å². The van der Waals surface area contributed by atoms with Crippen LogP contribution in [-0.4, -0.2) is 26.1 Å². The van der Waals surface area contributed by atoms with Crippen molar-refractivity contribution in [2.75, 3.05) is 0 Å². The van der Waals surface area contributed by atoms with Crippen molar-refractivity contribution in [1.29, 1.82) is 0 Å². The standard InChI is InChI=1S/C13H13N5O2/c19-12-4-3-10(17-18-12)13(20)14-6-9-5-11(8-1-2-8)16-7-15-9/h3-5,7-8H,1-2,6H2,(H,14,20)(H,18,19). The fraction of sp³-hybridized carbons (Fsp3) is 0.308. The maximum atomic E-state index is 11.8. The van der Waals surface area contributed by atoms with Crippen molar-refractivity contribution in [3.8, 4) is 0 Å². The molecule has 20 heavy (non-hydrogen) atoms. The van der Waals surface area contributed by atoms with Crippen molar-refractivity contribution in [2.24, 2.45) is 0 Å². The number of carbonyl (C=O) groups excluding carboxylic acids is 1. The minimum Gasteiger partial charge on any atom is -0.345 e. The third-order valence-electron chi connectivity index (χ3n) is 3.08. The average molecular weight is 271 g/mol. The van der Waals surface area contributed by atoms with E-state index in [2.05, 4.69) is 25.5 Å². The SMILES string of the molecule is O=C(NCc1cc(C2CC2)ncn1)c1ccc(=O)[nH]n1. The predicted octanol–water partition coefficient (Wildman–Crippen LogP) is 0.367. The first-order valence-corrected chi connectivity index (χ1v) is 6.37. The summed E-state index contributed by atoms with van der Waals surface area (Å²) in [5.74, 6) is 0.196. The van der Waals surface area contributed by atoms with Crippen LogP contribution in [0.2, 0.25) is 0 Å². The molecular weight excluding hydrogens is 258 g/mol. The summed E-state index contributed by atoms with van der Waals surface area (Å²) in [6, 6.07) is 4.56. The maximum Gasteiger partial charge on any atom is 0.272 e. The molecule has 2 heterocycles. The number of rotatable bonds is 4. The molecule has 3 rings (SSSR count). The summed E-state index contributed by atoms with van der Waals surface area (Å²) >= 11 is 0. The van der Waals surface area contributed by atoms with Gasteiger partial charge in [0, 0.05) is 17.7 Å². The number of amides is 1. The number of hydrogen-bond acceptors (Lipinski definition) is 5. The van der Waals surface area contributed by atoms with E-state index in [9.17, 15) is 9.59 Å². The smallest absolute Gasteiger partial charge is 0.272 e. The monoisotopic (exact) mass is 271 g/mol. The summed E-state index contributed by atoms with van der Waals surface area (Å²) in [5.41, 5.74) is 1.62. The molecule has 2 aromatic heterocycles. The van der Waals surface area contributed by atoms with Gasteiger partial charge in [0.05, 0.1) is 12.2 Å². The highest BCUT2D eigenvalue weighted by Gasteiger charge is 2.25. The third kappa shape index (κ3) is 2.87. The molecule has 0 aliphatic heterocycles. The molecule has 0 saturated heterocycles. The number of hydrogen-bond donors (Lipinski definition) is 2. The zero-order valence-corrected chi connectivity index (χ0v) is 10.7. The molecule has 0 atom stereocenters. The lowest BCUT2D eigenvalue weighted by Crippen LogP contribution is -2.25. The molecule has 0 radical (unpaired) electrons. The molecule has 1 amide bonds. The van der Waals surface area contributed by atoms with Crippen LogP contribution in [0.25, 0.3) is 0 Å². The van der Waals surface area contributed by atoms with Gasteiger partial charge in [0.25, 0.3) is 11.5 Å². The lowest BCUT2D eigenvalue weighted by atomic mass is 10.2. The Morgan fingerprint density at radius 3 is 2.90 bits per heavy atom. The lowest BCUT2D eigenvalue weighted by Gasteiger charge is -2.05. The van der Waals surface area contributed by atoms with E-state index >= 15 is 0 Å². The highest BCUT2D eigenvalue weighted by atomic mass is 16.2. The van der Waals surface area contributed by atoms with E-state index in [1.54, 1.807) is 0 Å². The van der Waals surface area contributed by atoms with Gasteiger partial charge in [-0.25, -0.2) is 15.1 Å². The molecule has 0 unspecified atom stereocenters. The highest BCUT2D eigenvalue weighted by Crippen LogP contribution is 2.38. The summed E-state index contributed by atoms with van der Waals surface area (Å²) in [4.78, 5) is 31.0. The molecule has 1 aliphatic rings. The van der Waals surface area contributed by atoms with Gasteiger partial charge in [0.15, 0.2) is 0 Å². The second-order valence-corrected chi connectivity index (χ2v) is 4.70. The van der Waals surface area contributed by atoms with E-state index in [-0.39, 0.29) is 17.2 Å². The number of H-pyrrole nitrogens is 1. The van der Waals surface area contributed by atoms with Gasteiger partial charge in [-0.15, -0.1) is 0 Å². The van der Waals surface area contributed by atoms with Gasteiger partial charge in [-0.2, -0.15) is 5.10 Å². The van der Waals surface area contributed by atoms with E-state index in [1.807, 2.05) is 6.07 Å². The first kappa shape index (κ1) is 12.5. The molecule has 2 N–H and O–H groups in total. The van der Waals surface area contributed by atoms with Crippen molar-refractivity contribution in [3.05, 3.63) is 52.0 Å². The second kappa shape index (κ2) is 5.20. The lowest BCUT2D eigenvalue weighted by molar-refractivity contribution is 0.0944. The topological polar surface area (TPSA) is 101 Å². The molecule has 0 spiro atoms. The Kier molecular flexibility index (Phi) is 3.24. The predicted molar refractivity (Wildman–Crippen MR) is 70.0 cm³/mol. The number of nitrogens with one attached hydrogen (secondary N) is 2. The van der Waals surface area contributed by atoms with Crippen LogP contribution in [0, 0.1) is 0 Å². The number of carbonyl (C=O) groups is 1. The molecule has 2 aromatic rings. The van der Waals surface area contributed by atoms with Crippen molar-refractivity contribution in [2.45, 2.75) is 25.3 Å². The average Bonchev–Trinajstić information content (AvgIpc) is 3.30. The van der Waals surface area contributed by atoms with Crippen molar-refractivity contribution in [3.63, 3.8) is 0 Å². The van der Waals surface area contributed by atoms with Gasteiger partial charge in [-0.05, 0) is 25.0 Å². The van der Waals surface area contributed by atoms with E-state index in [0.29, 0.717) is 12.5 Å². The minimum absolute atomic E-state index is 0.168. The Labute approximate surface area is 114 Å². The number of nitrogens with zero attached hydrogens (tertiary/aromatic N) is 3. The Morgan fingerprint density at radius 2 is 2.20 bits per heavy atom. The molecule has 1 aliphatic carbocycles. The third-order valence-corrected chi connectivity index (χ3v) is 3.08. The van der Waals surface area contributed by atoms with Crippen LogP contribution in [0.1, 0.15) is 40.6 Å². The zero-order valence-electron chi connectivity index (χ0n) is 10.7. The Morgan fingerprint density at radius 1 is 1.35 bits per heavy atom. The van der Waals surface area contributed by atoms with Crippen LogP contribution in [0.4, 0.5) is 0 Å². The normalized spacial score (nSPS) is 14.0. The summed E-state index contributed by atoms with van der Waals surface area (Å²) in [7, 11) is 0. The number of aromatic amines is 1. The van der Waals surface area contributed by atoms with Crippen LogP contribution >= 0.6 is 0 Å². The summed E-state index contributed by atoms with van der Waals surface area (Å²) in [5, 5.41) is 8.59. The molecule has 102 valence electrons. The van der Waals surface area contributed by atoms with Crippen molar-refractivity contribution >= 4 is 5.91 Å². The Balaban J connectivity index is 1.63. The summed E-state index contributed by atoms with van der Waals surface area (Å²) < 4.78 is 0. The van der Waals surface area contributed by atoms with E-state index in [1.165, 1.54) is 31.3 Å². The van der Waals surface area contributed by atoms with E-state index in [0.717, 1.165) is 11.4 Å². The highest BCUT2D eigenvalue weighted by molar-refractivity contribution is 5.91. The second-order valence-electron chi connectivity index (χ2n) is 4.70. The van der Waals surface area contributed by atoms with E-state index < -0.39 is 0 Å². The van der Waals surface area contributed by atoms with Gasteiger partial charge in [0.1, 0.15) is 12.0 Å². The van der Waals surface area contributed by atoms with Crippen molar-refractivity contribution in [1.82, 2.24) is 25.5 Å². The zero-order chi connectivity index (χ0) is 13.9. The van der Waals surface area contributed by atoms with Crippen LogP contribution in [0.3, 0.4) is 0 Å². The molecule has 1 fully saturated rings. The summed E-state index contributed by atoms with van der Waals surface area (Å²) in [6.45, 7) is 0.307. The minimum atomic E-state index is -0.354. The Hall–Kier alpha value is -2.57. The molecule has 0 aromatic carbocycles. The van der Waals surface area contributed by atoms with Gasteiger partial charge in [0.2, 0.25) is 0 Å². The fourth-order valence-electron chi connectivity index (χ4n) is 1.85. The quantitative estimate of drug-likeness (QED) is 0.836. The maximum absolute atomic E-state index is 11.8. The van der Waals surface area contributed by atoms with Crippen LogP contribution < -0.4 is 10.9 Å². The van der Waals surface area contributed by atoms with Crippen LogP contribution in [0.5, 0.6) is 0 Å². The fourth-order valence-corrected chi connectivity index (χ4v) is 1.85. The molecule has 7 nitrogen and oxygen atoms in total. The molecule has 0 bridgehead atoms. The first-order chi connectivity index (χ1) is 9.72. The first-order valence-electron chi connectivity index (χ1n) is 6.37. The van der Waals surface area contributed by atoms with Gasteiger partial charge in [-0.1, -0.05) is 0 Å². The van der Waals surface area contributed by atoms with E-state index in [4.69, 9.17) is 0 Å². The number of aromatic nitrogens is 4. The van der Waals surface area contributed by atoms with Crippen LogP contribution in [-0.2, 0) is 6.54 Å². The largest absolute Gasteiger partial charge is 0.345 e. The summed E-state index contributed by atoms with van der Waals surface area (Å²) in [6.07, 6.45) is 3.86. The molecule has 1 saturated carbocycles. The Bertz CT molecular complexity index is 673. The van der Waals surface area contributed by atoms with Crippen molar-refractivity contribution < 1.29 is 4.79 Å². The molecular formula is C13H13N5O2. The van der Waals surface area contributed by atoms with Gasteiger partial charge < -0.3 is 5.32 Å².